The van der Waals surface area contributed by atoms with Crippen molar-refractivity contribution in [2.24, 2.45) is 0 Å². The molecule has 1 atom stereocenters. The molecule has 5 aromatic rings. The van der Waals surface area contributed by atoms with Gasteiger partial charge in [-0.1, -0.05) is 79.7 Å². The third-order valence-corrected chi connectivity index (χ3v) is 7.12. The highest BCUT2D eigenvalue weighted by Gasteiger charge is 2.28. The first-order valence-electron chi connectivity index (χ1n) is 13.4. The van der Waals surface area contributed by atoms with Gasteiger partial charge in [0.25, 0.3) is 5.56 Å². The van der Waals surface area contributed by atoms with Gasteiger partial charge in [-0.15, -0.1) is 0 Å². The van der Waals surface area contributed by atoms with Crippen molar-refractivity contribution in [3.8, 4) is 5.69 Å². The summed E-state index contributed by atoms with van der Waals surface area (Å²) in [5.74, 6) is -0.0922. The van der Waals surface area contributed by atoms with Crippen LogP contribution in [0, 0.1) is 5.82 Å². The molecule has 6 nitrogen and oxygen atoms in total. The minimum Gasteiger partial charge on any atom is -0.314 e. The molecule has 1 heterocycles. The highest BCUT2D eigenvalue weighted by molar-refractivity contribution is 5.89. The molecule has 0 aliphatic rings. The van der Waals surface area contributed by atoms with Crippen LogP contribution in [0.25, 0.3) is 16.6 Å². The predicted octanol–water partition coefficient (Wildman–Crippen LogP) is 6.93. The molecule has 0 spiro atoms. The molecule has 0 bridgehead atoms. The van der Waals surface area contributed by atoms with Crippen molar-refractivity contribution in [1.29, 1.82) is 0 Å². The fourth-order valence-corrected chi connectivity index (χ4v) is 4.95. The lowest BCUT2D eigenvalue weighted by Crippen LogP contribution is -2.41. The normalized spacial score (nSPS) is 11.8. The number of nitrogens with zero attached hydrogens (tertiary/aromatic N) is 3. The van der Waals surface area contributed by atoms with Gasteiger partial charge in [0, 0.05) is 6.54 Å². The summed E-state index contributed by atoms with van der Waals surface area (Å²) in [5, 5.41) is 3.22. The Hall–Kier alpha value is -4.78. The minimum atomic E-state index is -0.627. The largest absolute Gasteiger partial charge is 0.322 e. The Morgan fingerprint density at radius 1 is 0.925 bits per heavy atom. The Balaban J connectivity index is 1.64. The second-order valence-corrected chi connectivity index (χ2v) is 9.62. The third kappa shape index (κ3) is 5.50. The van der Waals surface area contributed by atoms with E-state index < -0.39 is 17.9 Å². The summed E-state index contributed by atoms with van der Waals surface area (Å²) in [7, 11) is 0. The highest BCUT2D eigenvalue weighted by atomic mass is 19.1. The summed E-state index contributed by atoms with van der Waals surface area (Å²) >= 11 is 0. The van der Waals surface area contributed by atoms with Crippen LogP contribution in [0.2, 0.25) is 0 Å². The zero-order valence-electron chi connectivity index (χ0n) is 22.5. The van der Waals surface area contributed by atoms with Gasteiger partial charge in [0.15, 0.2) is 0 Å². The number of aryl methyl sites for hydroxylation is 1. The SMILES string of the molecule is CCc1ccccc1-n1c(C(C)N(CCc2ccccc2)C(=O)Nc2ccccc2F)nc2ccccc2c1=O. The molecule has 1 aromatic heterocycles. The van der Waals surface area contributed by atoms with E-state index in [4.69, 9.17) is 4.98 Å². The van der Waals surface area contributed by atoms with Crippen LogP contribution in [0.5, 0.6) is 0 Å². The second-order valence-electron chi connectivity index (χ2n) is 9.62. The van der Waals surface area contributed by atoms with E-state index in [0.717, 1.165) is 23.2 Å². The number of carbonyl (C=O) groups is 1. The number of carbonyl (C=O) groups excluding carboxylic acids is 1. The number of anilines is 1. The van der Waals surface area contributed by atoms with Gasteiger partial charge in [-0.2, -0.15) is 0 Å². The number of hydrogen-bond donors (Lipinski definition) is 1. The van der Waals surface area contributed by atoms with Crippen molar-refractivity contribution in [2.45, 2.75) is 32.7 Å². The third-order valence-electron chi connectivity index (χ3n) is 7.12. The van der Waals surface area contributed by atoms with Crippen molar-refractivity contribution < 1.29 is 9.18 Å². The fourth-order valence-electron chi connectivity index (χ4n) is 4.95. The lowest BCUT2D eigenvalue weighted by Gasteiger charge is -2.31. The molecule has 7 heteroatoms. The molecule has 0 fully saturated rings. The Labute approximate surface area is 232 Å². The lowest BCUT2D eigenvalue weighted by atomic mass is 10.1. The first-order chi connectivity index (χ1) is 19.5. The summed E-state index contributed by atoms with van der Waals surface area (Å²) in [4.78, 5) is 34.3. The second kappa shape index (κ2) is 11.9. The van der Waals surface area contributed by atoms with Crippen molar-refractivity contribution in [2.75, 3.05) is 11.9 Å². The number of aromatic nitrogens is 2. The molecule has 40 heavy (non-hydrogen) atoms. The van der Waals surface area contributed by atoms with E-state index in [1.54, 1.807) is 33.7 Å². The van der Waals surface area contributed by atoms with Crippen LogP contribution in [0.3, 0.4) is 0 Å². The molecule has 1 N–H and O–H groups in total. The number of halogens is 1. The van der Waals surface area contributed by atoms with Crippen LogP contribution in [-0.4, -0.2) is 27.0 Å². The summed E-state index contributed by atoms with van der Waals surface area (Å²) in [6, 6.07) is 29.8. The Morgan fingerprint density at radius 3 is 2.38 bits per heavy atom. The van der Waals surface area contributed by atoms with E-state index in [2.05, 4.69) is 5.32 Å². The standard InChI is InChI=1S/C33H31FN4O2/c1-3-25-15-7-12-20-30(25)38-31(35-28-18-10-8-16-26(28)32(38)39)23(2)37(22-21-24-13-5-4-6-14-24)33(40)36-29-19-11-9-17-27(29)34/h4-20,23H,3,21-22H2,1-2H3,(H,36,40). The van der Waals surface area contributed by atoms with E-state index in [1.807, 2.05) is 80.6 Å². The molecule has 202 valence electrons. The van der Waals surface area contributed by atoms with Gasteiger partial charge in [0.2, 0.25) is 0 Å². The quantitative estimate of drug-likeness (QED) is 0.235. The summed E-state index contributed by atoms with van der Waals surface area (Å²) in [6.45, 7) is 4.21. The van der Waals surface area contributed by atoms with Crippen molar-refractivity contribution >= 4 is 22.6 Å². The van der Waals surface area contributed by atoms with Crippen molar-refractivity contribution in [3.63, 3.8) is 0 Å². The van der Waals surface area contributed by atoms with E-state index in [-0.39, 0.29) is 11.2 Å². The van der Waals surface area contributed by atoms with Crippen LogP contribution in [0.1, 0.15) is 36.8 Å². The highest BCUT2D eigenvalue weighted by Crippen LogP contribution is 2.26. The van der Waals surface area contributed by atoms with Gasteiger partial charge >= 0.3 is 6.03 Å². The topological polar surface area (TPSA) is 67.2 Å². The predicted molar refractivity (Wildman–Crippen MR) is 157 cm³/mol. The Morgan fingerprint density at radius 2 is 1.60 bits per heavy atom. The fraction of sp³-hybridized carbons (Fsp3) is 0.182. The zero-order valence-corrected chi connectivity index (χ0v) is 22.5. The van der Waals surface area contributed by atoms with E-state index in [0.29, 0.717) is 29.7 Å². The van der Waals surface area contributed by atoms with Crippen LogP contribution in [0.4, 0.5) is 14.9 Å². The van der Waals surface area contributed by atoms with Crippen LogP contribution < -0.4 is 10.9 Å². The van der Waals surface area contributed by atoms with Gasteiger partial charge in [-0.25, -0.2) is 14.2 Å². The van der Waals surface area contributed by atoms with E-state index in [9.17, 15) is 14.0 Å². The number of benzene rings is 4. The van der Waals surface area contributed by atoms with Crippen molar-refractivity contribution in [1.82, 2.24) is 14.5 Å². The first-order valence-corrected chi connectivity index (χ1v) is 13.4. The maximum atomic E-state index is 14.5. The zero-order chi connectivity index (χ0) is 28.1. The molecule has 2 amide bonds. The smallest absolute Gasteiger partial charge is 0.314 e. The van der Waals surface area contributed by atoms with Gasteiger partial charge in [-0.3, -0.25) is 9.36 Å². The molecule has 5 rings (SSSR count). The lowest BCUT2D eigenvalue weighted by molar-refractivity contribution is 0.190. The molecule has 0 radical (unpaired) electrons. The molecule has 4 aromatic carbocycles. The number of nitrogens with one attached hydrogen (secondary N) is 1. The average Bonchev–Trinajstić information content (AvgIpc) is 2.99. The summed E-state index contributed by atoms with van der Waals surface area (Å²) < 4.78 is 16.1. The number of amides is 2. The Kier molecular flexibility index (Phi) is 8.01. The van der Waals surface area contributed by atoms with Crippen LogP contribution in [-0.2, 0) is 12.8 Å². The van der Waals surface area contributed by atoms with Gasteiger partial charge in [-0.05, 0) is 61.2 Å². The summed E-state index contributed by atoms with van der Waals surface area (Å²) in [6.07, 6.45) is 1.29. The number of urea groups is 1. The number of rotatable bonds is 8. The number of hydrogen-bond acceptors (Lipinski definition) is 3. The molecule has 0 aliphatic carbocycles. The van der Waals surface area contributed by atoms with Gasteiger partial charge in [0.1, 0.15) is 11.6 Å². The van der Waals surface area contributed by atoms with Gasteiger partial charge < -0.3 is 10.2 Å². The van der Waals surface area contributed by atoms with E-state index >= 15 is 0 Å². The van der Waals surface area contributed by atoms with Crippen LogP contribution in [0.15, 0.2) is 108 Å². The summed E-state index contributed by atoms with van der Waals surface area (Å²) in [5.41, 5.74) is 3.21. The first kappa shape index (κ1) is 26.8. The molecule has 0 saturated heterocycles. The maximum absolute atomic E-state index is 14.5. The molecular formula is C33H31FN4O2. The number of para-hydroxylation sites is 3. The Bertz CT molecular complexity index is 1700. The van der Waals surface area contributed by atoms with E-state index in [1.165, 1.54) is 12.1 Å². The molecular weight excluding hydrogens is 503 g/mol. The monoisotopic (exact) mass is 534 g/mol. The van der Waals surface area contributed by atoms with Gasteiger partial charge in [0.05, 0.1) is 28.3 Å². The average molecular weight is 535 g/mol. The molecule has 0 saturated carbocycles. The molecule has 1 unspecified atom stereocenters. The maximum Gasteiger partial charge on any atom is 0.322 e. The number of fused-ring (bicyclic) bond motifs is 1. The minimum absolute atomic E-state index is 0.0876. The molecule has 0 aliphatic heterocycles. The van der Waals surface area contributed by atoms with Crippen molar-refractivity contribution in [3.05, 3.63) is 136 Å². The van der Waals surface area contributed by atoms with Crippen LogP contribution >= 0.6 is 0 Å².